The first kappa shape index (κ1) is 14.5. The third kappa shape index (κ3) is 2.81. The number of rotatable bonds is 3. The number of aliphatic hydroxyl groups excluding tert-OH is 1. The van der Waals surface area contributed by atoms with Gasteiger partial charge in [-0.15, -0.1) is 11.3 Å². The molecule has 0 saturated carbocycles. The van der Waals surface area contributed by atoms with E-state index >= 15 is 0 Å². The zero-order chi connectivity index (χ0) is 14.8. The molecule has 1 saturated heterocycles. The summed E-state index contributed by atoms with van der Waals surface area (Å²) in [5, 5.41) is 10.8. The lowest BCUT2D eigenvalue weighted by atomic mass is 10.1. The van der Waals surface area contributed by atoms with Crippen LogP contribution in [-0.2, 0) is 0 Å². The van der Waals surface area contributed by atoms with Crippen molar-refractivity contribution in [3.8, 4) is 0 Å². The van der Waals surface area contributed by atoms with Gasteiger partial charge in [0.1, 0.15) is 10.6 Å². The van der Waals surface area contributed by atoms with E-state index in [1.165, 1.54) is 11.3 Å². The molecule has 0 spiro atoms. The SMILES string of the molecule is Cc1cc2c(N3CCCCCC3CO)nc(NN)nc2s1. The van der Waals surface area contributed by atoms with Crippen molar-refractivity contribution in [3.05, 3.63) is 10.9 Å². The Morgan fingerprint density at radius 3 is 3.05 bits per heavy atom. The monoisotopic (exact) mass is 307 g/mol. The Balaban J connectivity index is 2.11. The van der Waals surface area contributed by atoms with Crippen LogP contribution in [-0.4, -0.2) is 34.3 Å². The summed E-state index contributed by atoms with van der Waals surface area (Å²) in [6.07, 6.45) is 4.47. The van der Waals surface area contributed by atoms with Crippen LogP contribution >= 0.6 is 11.3 Å². The van der Waals surface area contributed by atoms with Gasteiger partial charge in [0, 0.05) is 11.4 Å². The maximum absolute atomic E-state index is 9.73. The zero-order valence-electron chi connectivity index (χ0n) is 12.2. The molecule has 1 fully saturated rings. The van der Waals surface area contributed by atoms with Gasteiger partial charge in [-0.1, -0.05) is 12.8 Å². The number of thiophene rings is 1. The average Bonchev–Trinajstić information content (AvgIpc) is 2.72. The van der Waals surface area contributed by atoms with E-state index in [0.717, 1.165) is 41.8 Å². The molecule has 3 rings (SSSR count). The van der Waals surface area contributed by atoms with Crippen LogP contribution in [0.3, 0.4) is 0 Å². The van der Waals surface area contributed by atoms with Crippen LogP contribution in [0, 0.1) is 6.92 Å². The van der Waals surface area contributed by atoms with Crippen molar-refractivity contribution in [2.45, 2.75) is 38.6 Å². The van der Waals surface area contributed by atoms with E-state index < -0.39 is 0 Å². The molecule has 0 aliphatic carbocycles. The summed E-state index contributed by atoms with van der Waals surface area (Å²) in [5.74, 6) is 6.82. The molecule has 0 aromatic carbocycles. The Morgan fingerprint density at radius 2 is 2.29 bits per heavy atom. The van der Waals surface area contributed by atoms with Crippen molar-refractivity contribution in [2.75, 3.05) is 23.5 Å². The van der Waals surface area contributed by atoms with E-state index in [1.807, 2.05) is 0 Å². The fraction of sp³-hybridized carbons (Fsp3) is 0.571. The molecular formula is C14H21N5OS. The first-order chi connectivity index (χ1) is 10.2. The van der Waals surface area contributed by atoms with Gasteiger partial charge in [0.25, 0.3) is 0 Å². The van der Waals surface area contributed by atoms with E-state index in [4.69, 9.17) is 5.84 Å². The third-order valence-electron chi connectivity index (χ3n) is 3.98. The Labute approximate surface area is 128 Å². The van der Waals surface area contributed by atoms with Crippen LogP contribution in [0.2, 0.25) is 0 Å². The Hall–Kier alpha value is -1.44. The topological polar surface area (TPSA) is 87.3 Å². The molecule has 2 aromatic rings. The molecule has 21 heavy (non-hydrogen) atoms. The number of hydrogen-bond donors (Lipinski definition) is 3. The molecule has 1 unspecified atom stereocenters. The number of hydrazine groups is 1. The minimum Gasteiger partial charge on any atom is -0.394 e. The summed E-state index contributed by atoms with van der Waals surface area (Å²) in [6, 6.07) is 2.24. The highest BCUT2D eigenvalue weighted by Crippen LogP contribution is 2.34. The van der Waals surface area contributed by atoms with Crippen LogP contribution in [0.1, 0.15) is 30.6 Å². The van der Waals surface area contributed by atoms with Crippen molar-refractivity contribution >= 4 is 33.3 Å². The number of fused-ring (bicyclic) bond motifs is 1. The van der Waals surface area contributed by atoms with Crippen LogP contribution in [0.15, 0.2) is 6.07 Å². The number of nitrogens with two attached hydrogens (primary N) is 1. The summed E-state index contributed by atoms with van der Waals surface area (Å²) in [5.41, 5.74) is 2.55. The molecule has 7 heteroatoms. The third-order valence-corrected chi connectivity index (χ3v) is 4.93. The van der Waals surface area contributed by atoms with Crippen molar-refractivity contribution in [1.82, 2.24) is 9.97 Å². The van der Waals surface area contributed by atoms with E-state index in [2.05, 4.69) is 33.3 Å². The summed E-state index contributed by atoms with van der Waals surface area (Å²) < 4.78 is 0. The fourth-order valence-corrected chi connectivity index (χ4v) is 3.83. The minimum atomic E-state index is 0.122. The van der Waals surface area contributed by atoms with Gasteiger partial charge in [-0.25, -0.2) is 10.8 Å². The Kier molecular flexibility index (Phi) is 4.23. The summed E-state index contributed by atoms with van der Waals surface area (Å²) >= 11 is 1.64. The molecule has 114 valence electrons. The van der Waals surface area contributed by atoms with Gasteiger partial charge in [0.15, 0.2) is 0 Å². The van der Waals surface area contributed by atoms with Crippen LogP contribution in [0.25, 0.3) is 10.2 Å². The maximum Gasteiger partial charge on any atom is 0.240 e. The number of nitrogens with one attached hydrogen (secondary N) is 1. The van der Waals surface area contributed by atoms with Gasteiger partial charge >= 0.3 is 0 Å². The zero-order valence-corrected chi connectivity index (χ0v) is 13.0. The quantitative estimate of drug-likeness (QED) is 0.594. The molecule has 0 bridgehead atoms. The molecule has 0 amide bonds. The highest BCUT2D eigenvalue weighted by molar-refractivity contribution is 7.18. The maximum atomic E-state index is 9.73. The molecule has 3 heterocycles. The minimum absolute atomic E-state index is 0.122. The normalized spacial score (nSPS) is 19.8. The molecule has 1 atom stereocenters. The van der Waals surface area contributed by atoms with E-state index in [9.17, 15) is 5.11 Å². The van der Waals surface area contributed by atoms with E-state index in [1.54, 1.807) is 11.3 Å². The van der Waals surface area contributed by atoms with E-state index in [-0.39, 0.29) is 12.6 Å². The number of hydrogen-bond acceptors (Lipinski definition) is 7. The average molecular weight is 307 g/mol. The number of anilines is 2. The molecule has 4 N–H and O–H groups in total. The molecule has 0 radical (unpaired) electrons. The van der Waals surface area contributed by atoms with Crippen molar-refractivity contribution in [3.63, 3.8) is 0 Å². The van der Waals surface area contributed by atoms with Crippen molar-refractivity contribution < 1.29 is 5.11 Å². The first-order valence-electron chi connectivity index (χ1n) is 7.35. The smallest absolute Gasteiger partial charge is 0.240 e. The largest absolute Gasteiger partial charge is 0.394 e. The molecule has 6 nitrogen and oxygen atoms in total. The number of aryl methyl sites for hydroxylation is 1. The standard InChI is InChI=1S/C14H21N5OS/c1-9-7-11-12(16-14(18-15)17-13(11)21-9)19-6-4-2-3-5-10(19)8-20/h7,10,20H,2-6,8,15H2,1H3,(H,16,17,18). The number of aliphatic hydroxyl groups is 1. The highest BCUT2D eigenvalue weighted by Gasteiger charge is 2.24. The Morgan fingerprint density at radius 1 is 1.43 bits per heavy atom. The van der Waals surface area contributed by atoms with E-state index in [0.29, 0.717) is 5.95 Å². The number of nitrogens with zero attached hydrogens (tertiary/aromatic N) is 3. The predicted molar refractivity (Wildman–Crippen MR) is 86.6 cm³/mol. The lowest BCUT2D eigenvalue weighted by Gasteiger charge is -2.30. The fourth-order valence-electron chi connectivity index (χ4n) is 2.96. The van der Waals surface area contributed by atoms with Crippen LogP contribution in [0.5, 0.6) is 0 Å². The lowest BCUT2D eigenvalue weighted by Crippen LogP contribution is -2.38. The predicted octanol–water partition coefficient (Wildman–Crippen LogP) is 2.03. The molecule has 1 aliphatic rings. The Bertz CT molecular complexity index is 629. The second-order valence-corrected chi connectivity index (χ2v) is 6.70. The summed E-state index contributed by atoms with van der Waals surface area (Å²) in [7, 11) is 0. The summed E-state index contributed by atoms with van der Waals surface area (Å²) in [6.45, 7) is 3.13. The van der Waals surface area contributed by atoms with Crippen LogP contribution < -0.4 is 16.2 Å². The van der Waals surface area contributed by atoms with Gasteiger partial charge in [-0.3, -0.25) is 5.43 Å². The van der Waals surface area contributed by atoms with Crippen molar-refractivity contribution in [2.24, 2.45) is 5.84 Å². The van der Waals surface area contributed by atoms with Crippen LogP contribution in [0.4, 0.5) is 11.8 Å². The second kappa shape index (κ2) is 6.13. The van der Waals surface area contributed by atoms with Gasteiger partial charge < -0.3 is 10.0 Å². The lowest BCUT2D eigenvalue weighted by molar-refractivity contribution is 0.255. The van der Waals surface area contributed by atoms with Gasteiger partial charge in [0.05, 0.1) is 18.0 Å². The number of aromatic nitrogens is 2. The number of nitrogen functional groups attached to an aromatic ring is 1. The van der Waals surface area contributed by atoms with Gasteiger partial charge in [0.2, 0.25) is 5.95 Å². The molecule has 2 aromatic heterocycles. The second-order valence-electron chi connectivity index (χ2n) is 5.47. The molecular weight excluding hydrogens is 286 g/mol. The summed E-state index contributed by atoms with van der Waals surface area (Å²) in [4.78, 5) is 13.4. The molecule has 1 aliphatic heterocycles. The highest BCUT2D eigenvalue weighted by atomic mass is 32.1. The van der Waals surface area contributed by atoms with Gasteiger partial charge in [-0.2, -0.15) is 4.98 Å². The van der Waals surface area contributed by atoms with Gasteiger partial charge in [-0.05, 0) is 25.8 Å². The van der Waals surface area contributed by atoms with Crippen molar-refractivity contribution in [1.29, 1.82) is 0 Å². The first-order valence-corrected chi connectivity index (χ1v) is 8.17.